The van der Waals surface area contributed by atoms with Gasteiger partial charge in [-0.2, -0.15) is 0 Å². The Bertz CT molecular complexity index is 1010. The van der Waals surface area contributed by atoms with E-state index < -0.39 is 18.6 Å². The van der Waals surface area contributed by atoms with E-state index in [-0.39, 0.29) is 23.9 Å². The standard InChI is InChI=1S/C22H25N3O4/c1-12-9-13-5-4-6-14(21(13)29-12)20-19-16(10-23-22(19)28)24-15-7-2-3-8-17(15)25(20)18(27)11-26/h4-6,9,15,17,19-20,26H,2-3,7-8,10-11H2,1H3,(H,23,28)/t15-,17?,19?,20-/m1/s1. The number of carbonyl (C=O) groups is 2. The largest absolute Gasteiger partial charge is 0.461 e. The van der Waals surface area contributed by atoms with Crippen LogP contribution in [0.4, 0.5) is 0 Å². The number of furan rings is 1. The van der Waals surface area contributed by atoms with Gasteiger partial charge < -0.3 is 19.7 Å². The van der Waals surface area contributed by atoms with Gasteiger partial charge in [-0.3, -0.25) is 14.6 Å². The molecule has 3 heterocycles. The minimum absolute atomic E-state index is 0.0352. The smallest absolute Gasteiger partial charge is 0.249 e. The van der Waals surface area contributed by atoms with Crippen LogP contribution in [0.5, 0.6) is 0 Å². The Balaban J connectivity index is 1.75. The topological polar surface area (TPSA) is 95.1 Å². The molecule has 0 spiro atoms. The van der Waals surface area contributed by atoms with Crippen LogP contribution in [0.25, 0.3) is 11.0 Å². The lowest BCUT2D eigenvalue weighted by atomic mass is 9.85. The lowest BCUT2D eigenvalue weighted by molar-refractivity contribution is -0.142. The Morgan fingerprint density at radius 1 is 1.34 bits per heavy atom. The van der Waals surface area contributed by atoms with Crippen molar-refractivity contribution in [1.82, 2.24) is 10.2 Å². The number of hydrogen-bond donors (Lipinski definition) is 2. The predicted molar refractivity (Wildman–Crippen MR) is 108 cm³/mol. The fourth-order valence-electron chi connectivity index (χ4n) is 5.35. The van der Waals surface area contributed by atoms with E-state index in [4.69, 9.17) is 9.41 Å². The summed E-state index contributed by atoms with van der Waals surface area (Å²) in [6, 6.07) is 7.09. The van der Waals surface area contributed by atoms with Crippen LogP contribution in [0.3, 0.4) is 0 Å². The second-order valence-corrected chi connectivity index (χ2v) is 8.26. The molecule has 1 saturated carbocycles. The lowest BCUT2D eigenvalue weighted by Crippen LogP contribution is -2.51. The highest BCUT2D eigenvalue weighted by Crippen LogP contribution is 2.43. The summed E-state index contributed by atoms with van der Waals surface area (Å²) < 4.78 is 6.00. The maximum Gasteiger partial charge on any atom is 0.249 e. The van der Waals surface area contributed by atoms with E-state index in [1.54, 1.807) is 4.90 Å². The van der Waals surface area contributed by atoms with Crippen molar-refractivity contribution < 1.29 is 19.1 Å². The van der Waals surface area contributed by atoms with E-state index >= 15 is 0 Å². The molecule has 2 aromatic rings. The second-order valence-electron chi connectivity index (χ2n) is 8.26. The minimum atomic E-state index is -0.587. The number of aliphatic hydroxyl groups is 1. The molecule has 1 aliphatic carbocycles. The Morgan fingerprint density at radius 3 is 3.00 bits per heavy atom. The normalized spacial score (nSPS) is 29.1. The first-order chi connectivity index (χ1) is 14.1. The van der Waals surface area contributed by atoms with Crippen molar-refractivity contribution in [1.29, 1.82) is 0 Å². The van der Waals surface area contributed by atoms with E-state index in [1.807, 2.05) is 31.2 Å². The third-order valence-electron chi connectivity index (χ3n) is 6.52. The van der Waals surface area contributed by atoms with E-state index in [9.17, 15) is 14.7 Å². The molecule has 2 aliphatic heterocycles. The molecule has 1 aromatic carbocycles. The number of para-hydroxylation sites is 1. The predicted octanol–water partition coefficient (Wildman–Crippen LogP) is 2.12. The fourth-order valence-corrected chi connectivity index (χ4v) is 5.35. The molecule has 5 rings (SSSR count). The Morgan fingerprint density at radius 2 is 2.17 bits per heavy atom. The summed E-state index contributed by atoms with van der Waals surface area (Å²) in [7, 11) is 0. The third kappa shape index (κ3) is 2.87. The molecule has 2 unspecified atom stereocenters. The number of fused-ring (bicyclic) bond motifs is 3. The fraction of sp³-hybridized carbons (Fsp3) is 0.500. The van der Waals surface area contributed by atoms with Gasteiger partial charge in [0.2, 0.25) is 11.8 Å². The van der Waals surface area contributed by atoms with Crippen molar-refractivity contribution in [2.75, 3.05) is 13.2 Å². The number of benzene rings is 1. The van der Waals surface area contributed by atoms with Crippen LogP contribution in [0.15, 0.2) is 33.7 Å². The van der Waals surface area contributed by atoms with Crippen LogP contribution in [0.1, 0.15) is 43.0 Å². The maximum absolute atomic E-state index is 13.1. The van der Waals surface area contributed by atoms with Gasteiger partial charge in [-0.25, -0.2) is 0 Å². The Kier molecular flexibility index (Phi) is 4.42. The van der Waals surface area contributed by atoms with Gasteiger partial charge in [-0.1, -0.05) is 31.0 Å². The van der Waals surface area contributed by atoms with Crippen LogP contribution < -0.4 is 5.32 Å². The molecule has 1 aromatic heterocycles. The average Bonchev–Trinajstić information content (AvgIpc) is 3.23. The van der Waals surface area contributed by atoms with E-state index in [2.05, 4.69) is 5.32 Å². The number of nitrogens with zero attached hydrogens (tertiary/aromatic N) is 2. The highest BCUT2D eigenvalue weighted by atomic mass is 16.3. The second kappa shape index (κ2) is 6.99. The van der Waals surface area contributed by atoms with Crippen LogP contribution in [0.2, 0.25) is 0 Å². The highest BCUT2D eigenvalue weighted by molar-refractivity contribution is 6.12. The van der Waals surface area contributed by atoms with Gasteiger partial charge in [0.15, 0.2) is 0 Å². The van der Waals surface area contributed by atoms with Gasteiger partial charge in [-0.05, 0) is 25.8 Å². The summed E-state index contributed by atoms with van der Waals surface area (Å²) in [6.07, 6.45) is 3.78. The first-order valence-corrected chi connectivity index (χ1v) is 10.3. The van der Waals surface area contributed by atoms with Crippen LogP contribution in [0, 0.1) is 12.8 Å². The molecular weight excluding hydrogens is 370 g/mol. The monoisotopic (exact) mass is 395 g/mol. The molecule has 3 aliphatic rings. The van der Waals surface area contributed by atoms with Crippen molar-refractivity contribution in [2.24, 2.45) is 10.9 Å². The van der Waals surface area contributed by atoms with Gasteiger partial charge in [0.1, 0.15) is 23.9 Å². The Hall–Kier alpha value is -2.67. The third-order valence-corrected chi connectivity index (χ3v) is 6.52. The van der Waals surface area contributed by atoms with E-state index in [0.717, 1.165) is 48.1 Å². The minimum Gasteiger partial charge on any atom is -0.461 e. The van der Waals surface area contributed by atoms with Gasteiger partial charge in [0, 0.05) is 16.7 Å². The maximum atomic E-state index is 13.1. The molecule has 0 radical (unpaired) electrons. The summed E-state index contributed by atoms with van der Waals surface area (Å²) in [5, 5.41) is 13.7. The molecule has 29 heavy (non-hydrogen) atoms. The number of amides is 2. The van der Waals surface area contributed by atoms with Gasteiger partial charge in [0.05, 0.1) is 24.7 Å². The van der Waals surface area contributed by atoms with Gasteiger partial charge >= 0.3 is 0 Å². The lowest BCUT2D eigenvalue weighted by Gasteiger charge is -2.42. The van der Waals surface area contributed by atoms with Crippen LogP contribution >= 0.6 is 0 Å². The molecule has 1 saturated heterocycles. The van der Waals surface area contributed by atoms with Gasteiger partial charge in [0.25, 0.3) is 0 Å². The molecular formula is C22H25N3O4. The molecule has 2 fully saturated rings. The molecule has 2 amide bonds. The number of carbonyl (C=O) groups excluding carboxylic acids is 2. The molecule has 0 bridgehead atoms. The number of aliphatic imine (C=N–C) groups is 1. The molecule has 7 nitrogen and oxygen atoms in total. The van der Waals surface area contributed by atoms with Crippen molar-refractivity contribution >= 4 is 28.5 Å². The first-order valence-electron chi connectivity index (χ1n) is 10.3. The summed E-state index contributed by atoms with van der Waals surface area (Å²) in [5.74, 6) is -0.264. The summed E-state index contributed by atoms with van der Waals surface area (Å²) in [4.78, 5) is 32.7. The number of nitrogens with one attached hydrogen (secondary N) is 1. The van der Waals surface area contributed by atoms with Crippen molar-refractivity contribution in [2.45, 2.75) is 50.7 Å². The summed E-state index contributed by atoms with van der Waals surface area (Å²) in [6.45, 7) is 1.72. The van der Waals surface area contributed by atoms with E-state index in [1.165, 1.54) is 0 Å². The number of aryl methyl sites for hydroxylation is 1. The summed E-state index contributed by atoms with van der Waals surface area (Å²) >= 11 is 0. The van der Waals surface area contributed by atoms with E-state index in [0.29, 0.717) is 12.1 Å². The number of aliphatic hydroxyl groups excluding tert-OH is 1. The van der Waals surface area contributed by atoms with Gasteiger partial charge in [-0.15, -0.1) is 0 Å². The number of rotatable bonds is 2. The molecule has 2 N–H and O–H groups in total. The number of hydrogen-bond acceptors (Lipinski definition) is 5. The average molecular weight is 395 g/mol. The molecule has 4 atom stereocenters. The van der Waals surface area contributed by atoms with Crippen LogP contribution in [-0.2, 0) is 9.59 Å². The molecule has 152 valence electrons. The van der Waals surface area contributed by atoms with Crippen LogP contribution in [-0.4, -0.2) is 52.8 Å². The Labute approximate surface area is 168 Å². The summed E-state index contributed by atoms with van der Waals surface area (Å²) in [5.41, 5.74) is 2.31. The zero-order valence-electron chi connectivity index (χ0n) is 16.4. The van der Waals surface area contributed by atoms with Crippen molar-refractivity contribution in [3.05, 3.63) is 35.6 Å². The molecule has 7 heteroatoms. The zero-order valence-corrected chi connectivity index (χ0v) is 16.4. The van der Waals surface area contributed by atoms with Crippen molar-refractivity contribution in [3.63, 3.8) is 0 Å². The highest BCUT2D eigenvalue weighted by Gasteiger charge is 2.50. The quantitative estimate of drug-likeness (QED) is 0.814. The zero-order chi connectivity index (χ0) is 20.1. The van der Waals surface area contributed by atoms with Crippen molar-refractivity contribution in [3.8, 4) is 0 Å². The SMILES string of the molecule is Cc1cc2cccc([C@@H]3C4C(=O)NCC4=N[C@@H]4CCCCC4N3C(=O)CO)c2o1. The first kappa shape index (κ1) is 18.4.